The van der Waals surface area contributed by atoms with Crippen LogP contribution in [0, 0.1) is 18.8 Å². The van der Waals surface area contributed by atoms with Crippen LogP contribution in [0.2, 0.25) is 0 Å². The predicted molar refractivity (Wildman–Crippen MR) is 99.1 cm³/mol. The second-order valence-electron chi connectivity index (χ2n) is 6.04. The van der Waals surface area contributed by atoms with Crippen molar-refractivity contribution in [1.82, 2.24) is 10.4 Å². The lowest BCUT2D eigenvalue weighted by Gasteiger charge is -2.16. The van der Waals surface area contributed by atoms with E-state index in [1.807, 2.05) is 26.8 Å². The zero-order valence-electron chi connectivity index (χ0n) is 15.4. The van der Waals surface area contributed by atoms with E-state index in [-0.39, 0.29) is 31.6 Å². The van der Waals surface area contributed by atoms with Crippen LogP contribution in [0.3, 0.4) is 0 Å². The highest BCUT2D eigenvalue weighted by molar-refractivity contribution is 5.85. The molecule has 0 saturated carbocycles. The van der Waals surface area contributed by atoms with Crippen LogP contribution < -0.4 is 27.6 Å². The summed E-state index contributed by atoms with van der Waals surface area (Å²) in [5.41, 5.74) is 8.78. The number of aliphatic hydroxyl groups excluding tert-OH is 1. The van der Waals surface area contributed by atoms with Gasteiger partial charge in [0.1, 0.15) is 12.4 Å². The monoisotopic (exact) mass is 370 g/mol. The molecule has 10 heteroatoms. The normalized spacial score (nSPS) is 13.4. The van der Waals surface area contributed by atoms with Crippen LogP contribution in [-0.4, -0.2) is 46.3 Å². The van der Waals surface area contributed by atoms with E-state index in [1.54, 1.807) is 12.3 Å². The van der Waals surface area contributed by atoms with Gasteiger partial charge in [-0.15, -0.1) is 0 Å². The van der Waals surface area contributed by atoms with Crippen LogP contribution in [0.5, 0.6) is 5.88 Å². The van der Waals surface area contributed by atoms with E-state index < -0.39 is 11.9 Å². The summed E-state index contributed by atoms with van der Waals surface area (Å²) in [5, 5.41) is 20.8. The van der Waals surface area contributed by atoms with Crippen molar-refractivity contribution in [3.05, 3.63) is 23.9 Å². The Morgan fingerprint density at radius 3 is 2.46 bits per heavy atom. The Morgan fingerprint density at radius 2 is 2.08 bits per heavy atom. The lowest BCUT2D eigenvalue weighted by atomic mass is 9.92. The number of amidine groups is 1. The molecule has 0 radical (unpaired) electrons. The van der Waals surface area contributed by atoms with Crippen molar-refractivity contribution in [1.29, 1.82) is 0 Å². The Bertz CT molecular complexity index is 550. The molecule has 2 unspecified atom stereocenters. The third-order valence-corrected chi connectivity index (χ3v) is 3.42. The molecule has 0 aliphatic heterocycles. The maximum atomic E-state index is 10.7. The molecule has 9 N–H and O–H groups in total. The number of hydrogen-bond acceptors (Lipinski definition) is 8. The fraction of sp³-hybridized carbons (Fsp3) is 0.562. The zero-order chi connectivity index (χ0) is 20.1. The molecule has 0 bridgehead atoms. The van der Waals surface area contributed by atoms with Crippen molar-refractivity contribution in [3.63, 3.8) is 0 Å². The first kappa shape index (κ1) is 23.6. The lowest BCUT2D eigenvalue weighted by Crippen LogP contribution is -2.35. The Balaban J connectivity index is 0.000000481. The van der Waals surface area contributed by atoms with Gasteiger partial charge in [-0.25, -0.2) is 10.8 Å². The van der Waals surface area contributed by atoms with E-state index in [0.29, 0.717) is 11.7 Å². The summed E-state index contributed by atoms with van der Waals surface area (Å²) in [4.78, 5) is 14.8. The first-order valence-electron chi connectivity index (χ1n) is 8.13. The molecule has 2 atom stereocenters. The van der Waals surface area contributed by atoms with E-state index in [9.17, 15) is 4.79 Å². The number of aliphatic carboxylic acids is 1. The molecular formula is C16H30N6O4. The summed E-state index contributed by atoms with van der Waals surface area (Å²) in [6.45, 7) is 5.81. The molecule has 1 aromatic rings. The fourth-order valence-corrected chi connectivity index (χ4v) is 1.75. The Hall–Kier alpha value is -2.43. The predicted octanol–water partition coefficient (Wildman–Crippen LogP) is -0.443. The van der Waals surface area contributed by atoms with Gasteiger partial charge in [0, 0.05) is 18.7 Å². The number of nitrogens with one attached hydrogen (secondary N) is 1. The quantitative estimate of drug-likeness (QED) is 0.153. The van der Waals surface area contributed by atoms with Crippen LogP contribution in [0.1, 0.15) is 25.8 Å². The van der Waals surface area contributed by atoms with Gasteiger partial charge in [0.15, 0.2) is 0 Å². The van der Waals surface area contributed by atoms with Crippen molar-refractivity contribution < 1.29 is 19.7 Å². The number of carboxylic acids is 1. The number of hydrazine groups is 1. The number of hydrazone groups is 1. The Kier molecular flexibility index (Phi) is 11.7. The summed E-state index contributed by atoms with van der Waals surface area (Å²) in [5.74, 6) is 9.52. The second-order valence-corrected chi connectivity index (χ2v) is 6.04. The highest BCUT2D eigenvalue weighted by Gasteiger charge is 2.23. The number of rotatable bonds is 8. The van der Waals surface area contributed by atoms with Crippen molar-refractivity contribution >= 4 is 11.8 Å². The minimum atomic E-state index is -0.869. The van der Waals surface area contributed by atoms with Gasteiger partial charge in [-0.1, -0.05) is 19.9 Å². The Morgan fingerprint density at radius 1 is 1.42 bits per heavy atom. The SMILES string of the molecule is CC(C)C(C/C(=N/N)NN)C(=O)O.Cc1ccc(OCC(N)CO)nc1. The van der Waals surface area contributed by atoms with Gasteiger partial charge in [-0.3, -0.25) is 4.79 Å². The van der Waals surface area contributed by atoms with Gasteiger partial charge in [0.05, 0.1) is 18.6 Å². The van der Waals surface area contributed by atoms with Crippen molar-refractivity contribution in [3.8, 4) is 5.88 Å². The van der Waals surface area contributed by atoms with Crippen molar-refractivity contribution in [2.24, 2.45) is 34.4 Å². The highest BCUT2D eigenvalue weighted by atomic mass is 16.5. The summed E-state index contributed by atoms with van der Waals surface area (Å²) in [7, 11) is 0. The van der Waals surface area contributed by atoms with Gasteiger partial charge in [0.2, 0.25) is 5.88 Å². The largest absolute Gasteiger partial charge is 0.481 e. The summed E-state index contributed by atoms with van der Waals surface area (Å²) in [6.07, 6.45) is 1.94. The van der Waals surface area contributed by atoms with Crippen LogP contribution in [0.4, 0.5) is 0 Å². The minimum Gasteiger partial charge on any atom is -0.481 e. The molecule has 148 valence electrons. The van der Waals surface area contributed by atoms with Crippen LogP contribution in [0.15, 0.2) is 23.4 Å². The number of carboxylic acid groups (broad SMARTS) is 1. The molecule has 0 spiro atoms. The molecule has 1 aromatic heterocycles. The number of nitrogens with zero attached hydrogens (tertiary/aromatic N) is 2. The van der Waals surface area contributed by atoms with Gasteiger partial charge in [-0.2, -0.15) is 5.10 Å². The molecule has 0 amide bonds. The van der Waals surface area contributed by atoms with Crippen LogP contribution in [-0.2, 0) is 4.79 Å². The zero-order valence-corrected chi connectivity index (χ0v) is 15.4. The molecule has 26 heavy (non-hydrogen) atoms. The number of aliphatic hydroxyl groups is 1. The molecular weight excluding hydrogens is 340 g/mol. The topological polar surface area (TPSA) is 182 Å². The summed E-state index contributed by atoms with van der Waals surface area (Å²) < 4.78 is 5.22. The smallest absolute Gasteiger partial charge is 0.307 e. The summed E-state index contributed by atoms with van der Waals surface area (Å²) in [6, 6.07) is 3.34. The van der Waals surface area contributed by atoms with Crippen molar-refractivity contribution in [2.75, 3.05) is 13.2 Å². The number of pyridine rings is 1. The number of aromatic nitrogens is 1. The third-order valence-electron chi connectivity index (χ3n) is 3.42. The number of nitrogens with two attached hydrogens (primary N) is 3. The number of ether oxygens (including phenoxy) is 1. The van der Waals surface area contributed by atoms with Crippen molar-refractivity contribution in [2.45, 2.75) is 33.2 Å². The maximum absolute atomic E-state index is 10.7. The maximum Gasteiger partial charge on any atom is 0.307 e. The minimum absolute atomic E-state index is 0.0163. The molecule has 0 aromatic carbocycles. The Labute approximate surface area is 153 Å². The first-order chi connectivity index (χ1) is 12.2. The number of hydrogen-bond donors (Lipinski definition) is 6. The molecule has 10 nitrogen and oxygen atoms in total. The lowest BCUT2D eigenvalue weighted by molar-refractivity contribution is -0.142. The molecule has 1 rings (SSSR count). The number of carbonyl (C=O) groups is 1. The molecule has 0 aliphatic rings. The van der Waals surface area contributed by atoms with E-state index in [2.05, 4.69) is 15.5 Å². The third kappa shape index (κ3) is 9.77. The fourth-order valence-electron chi connectivity index (χ4n) is 1.75. The average Bonchev–Trinajstić information content (AvgIpc) is 2.61. The highest BCUT2D eigenvalue weighted by Crippen LogP contribution is 2.15. The molecule has 1 heterocycles. The van der Waals surface area contributed by atoms with Gasteiger partial charge in [-0.05, 0) is 18.4 Å². The van der Waals surface area contributed by atoms with Gasteiger partial charge in [0.25, 0.3) is 0 Å². The molecule has 0 fully saturated rings. The van der Waals surface area contributed by atoms with E-state index in [4.69, 9.17) is 32.4 Å². The average molecular weight is 370 g/mol. The number of aryl methyl sites for hydroxylation is 1. The molecule has 0 saturated heterocycles. The molecule has 0 aliphatic carbocycles. The summed E-state index contributed by atoms with van der Waals surface area (Å²) >= 11 is 0. The van der Waals surface area contributed by atoms with Crippen LogP contribution in [0.25, 0.3) is 0 Å². The van der Waals surface area contributed by atoms with E-state index in [1.165, 1.54) is 0 Å². The second kappa shape index (κ2) is 12.9. The van der Waals surface area contributed by atoms with Gasteiger partial charge >= 0.3 is 5.97 Å². The van der Waals surface area contributed by atoms with Crippen LogP contribution >= 0.6 is 0 Å². The standard InChI is InChI=1S/C9H14N2O2.C7H16N4O2/c1-7-2-3-9(11-4-7)13-6-8(10)5-12;1-4(2)5(7(12)13)3-6(10-8)11-9/h2-4,8,12H,5-6,10H2,1H3;4-5H,3,8-9H2,1-2H3,(H,10,11)(H,12,13). The first-order valence-corrected chi connectivity index (χ1v) is 8.13. The van der Waals surface area contributed by atoms with E-state index >= 15 is 0 Å². The van der Waals surface area contributed by atoms with E-state index in [0.717, 1.165) is 5.56 Å². The van der Waals surface area contributed by atoms with Gasteiger partial charge < -0.3 is 32.0 Å².